The number of aldehydes is 1. The standard InChI is InChI=1S/C9H4ClF6NO2/c10-2-4-1-6(19-9(14,15)16)7(8(11,12)13)17-5(4)3-18/h1,3H,2H2. The van der Waals surface area contributed by atoms with Crippen LogP contribution >= 0.6 is 11.6 Å². The molecular formula is C9H4ClF6NO2. The molecule has 0 N–H and O–H groups in total. The van der Waals surface area contributed by atoms with E-state index in [1.54, 1.807) is 0 Å². The molecule has 3 nitrogen and oxygen atoms in total. The number of ether oxygens (including phenoxy) is 1. The maximum atomic E-state index is 12.5. The van der Waals surface area contributed by atoms with Crippen LogP contribution in [0.3, 0.4) is 0 Å². The van der Waals surface area contributed by atoms with E-state index in [4.69, 9.17) is 11.6 Å². The van der Waals surface area contributed by atoms with Gasteiger partial charge in [0, 0.05) is 5.88 Å². The second kappa shape index (κ2) is 5.24. The second-order valence-electron chi connectivity index (χ2n) is 3.18. The van der Waals surface area contributed by atoms with Crippen LogP contribution in [0.4, 0.5) is 26.3 Å². The summed E-state index contributed by atoms with van der Waals surface area (Å²) in [6.07, 6.45) is -10.6. The third-order valence-corrected chi connectivity index (χ3v) is 2.14. The zero-order valence-corrected chi connectivity index (χ0v) is 9.53. The van der Waals surface area contributed by atoms with Gasteiger partial charge in [0.05, 0.1) is 0 Å². The molecule has 0 atom stereocenters. The molecule has 0 radical (unpaired) electrons. The number of hydrogen-bond donors (Lipinski definition) is 0. The van der Waals surface area contributed by atoms with Gasteiger partial charge < -0.3 is 4.74 Å². The molecule has 0 saturated heterocycles. The number of pyridine rings is 1. The van der Waals surface area contributed by atoms with E-state index in [-0.39, 0.29) is 11.8 Å². The third kappa shape index (κ3) is 3.98. The first-order valence-corrected chi connectivity index (χ1v) is 5.00. The molecule has 10 heteroatoms. The van der Waals surface area contributed by atoms with Gasteiger partial charge in [-0.1, -0.05) is 0 Å². The Kier molecular flexibility index (Phi) is 4.28. The van der Waals surface area contributed by atoms with E-state index in [0.717, 1.165) is 0 Å². The minimum absolute atomic E-state index is 0.0374. The zero-order valence-electron chi connectivity index (χ0n) is 8.77. The van der Waals surface area contributed by atoms with Crippen LogP contribution in [0.5, 0.6) is 5.75 Å². The number of alkyl halides is 7. The Morgan fingerprint density at radius 1 is 1.26 bits per heavy atom. The molecule has 0 aliphatic carbocycles. The summed E-state index contributed by atoms with van der Waals surface area (Å²) in [5, 5.41) is 0. The van der Waals surface area contributed by atoms with Crippen LogP contribution in [0, 0.1) is 0 Å². The predicted octanol–water partition coefficient (Wildman–Crippen LogP) is 3.55. The Balaban J connectivity index is 3.45. The molecule has 0 amide bonds. The Bertz CT molecular complexity index is 485. The van der Waals surface area contributed by atoms with E-state index in [0.29, 0.717) is 6.07 Å². The van der Waals surface area contributed by atoms with Gasteiger partial charge in [-0.15, -0.1) is 24.8 Å². The molecular weight excluding hydrogens is 304 g/mol. The molecule has 1 aromatic heterocycles. The molecule has 0 unspecified atom stereocenters. The van der Waals surface area contributed by atoms with Gasteiger partial charge in [0.2, 0.25) is 0 Å². The fourth-order valence-corrected chi connectivity index (χ4v) is 1.38. The average molecular weight is 308 g/mol. The second-order valence-corrected chi connectivity index (χ2v) is 3.44. The van der Waals surface area contributed by atoms with Crippen LogP contribution in [-0.4, -0.2) is 17.6 Å². The van der Waals surface area contributed by atoms with Crippen molar-refractivity contribution in [1.82, 2.24) is 4.98 Å². The van der Waals surface area contributed by atoms with Crippen molar-refractivity contribution in [3.05, 3.63) is 23.0 Å². The van der Waals surface area contributed by atoms with Crippen LogP contribution in [0.25, 0.3) is 0 Å². The normalized spacial score (nSPS) is 12.4. The van der Waals surface area contributed by atoms with Gasteiger partial charge in [0.25, 0.3) is 0 Å². The van der Waals surface area contributed by atoms with Crippen molar-refractivity contribution in [3.63, 3.8) is 0 Å². The van der Waals surface area contributed by atoms with Crippen molar-refractivity contribution in [2.75, 3.05) is 0 Å². The number of aromatic nitrogens is 1. The summed E-state index contributed by atoms with van der Waals surface area (Å²) < 4.78 is 76.8. The van der Waals surface area contributed by atoms with E-state index in [1.807, 2.05) is 0 Å². The van der Waals surface area contributed by atoms with Gasteiger partial charge in [-0.25, -0.2) is 4.98 Å². The maximum absolute atomic E-state index is 12.5. The number of carbonyl (C=O) groups excluding carboxylic acids is 1. The molecule has 0 spiro atoms. The minimum Gasteiger partial charge on any atom is -0.403 e. The van der Waals surface area contributed by atoms with Crippen LogP contribution in [-0.2, 0) is 12.1 Å². The highest BCUT2D eigenvalue weighted by Gasteiger charge is 2.41. The minimum atomic E-state index is -5.33. The molecule has 0 bridgehead atoms. The molecule has 0 fully saturated rings. The Labute approximate surface area is 107 Å². The van der Waals surface area contributed by atoms with Crippen molar-refractivity contribution in [2.24, 2.45) is 0 Å². The molecule has 0 aliphatic heterocycles. The summed E-state index contributed by atoms with van der Waals surface area (Å²) in [5.74, 6) is -2.05. The Morgan fingerprint density at radius 2 is 1.84 bits per heavy atom. The topological polar surface area (TPSA) is 39.2 Å². The van der Waals surface area contributed by atoms with Gasteiger partial charge in [-0.3, -0.25) is 4.79 Å². The molecule has 19 heavy (non-hydrogen) atoms. The fourth-order valence-electron chi connectivity index (χ4n) is 1.16. The summed E-state index contributed by atoms with van der Waals surface area (Å²) in [4.78, 5) is 13.3. The van der Waals surface area contributed by atoms with Crippen molar-refractivity contribution in [2.45, 2.75) is 18.4 Å². The number of halogens is 7. The first kappa shape index (κ1) is 15.5. The molecule has 1 rings (SSSR count). The maximum Gasteiger partial charge on any atom is 0.573 e. The SMILES string of the molecule is O=Cc1nc(C(F)(F)F)c(OC(F)(F)F)cc1CCl. The average Bonchev–Trinajstić information content (AvgIpc) is 2.24. The van der Waals surface area contributed by atoms with Crippen molar-refractivity contribution in [3.8, 4) is 5.75 Å². The highest BCUT2D eigenvalue weighted by molar-refractivity contribution is 6.17. The summed E-state index contributed by atoms with van der Waals surface area (Å²) in [6, 6.07) is 0.389. The fraction of sp³-hybridized carbons (Fsp3) is 0.333. The first-order valence-electron chi connectivity index (χ1n) is 4.46. The smallest absolute Gasteiger partial charge is 0.403 e. The number of rotatable bonds is 3. The zero-order chi connectivity index (χ0) is 14.8. The van der Waals surface area contributed by atoms with Crippen LogP contribution in [0.15, 0.2) is 6.07 Å². The Morgan fingerprint density at radius 3 is 2.21 bits per heavy atom. The van der Waals surface area contributed by atoms with E-state index < -0.39 is 35.6 Å². The lowest BCUT2D eigenvalue weighted by atomic mass is 10.2. The first-order chi connectivity index (χ1) is 8.58. The monoisotopic (exact) mass is 307 g/mol. The predicted molar refractivity (Wildman–Crippen MR) is 50.9 cm³/mol. The van der Waals surface area contributed by atoms with Gasteiger partial charge in [0.1, 0.15) is 5.69 Å². The number of carbonyl (C=O) groups is 1. The third-order valence-electron chi connectivity index (χ3n) is 1.85. The van der Waals surface area contributed by atoms with Crippen molar-refractivity contribution >= 4 is 17.9 Å². The lowest BCUT2D eigenvalue weighted by Crippen LogP contribution is -2.22. The lowest BCUT2D eigenvalue weighted by molar-refractivity contribution is -0.276. The summed E-state index contributed by atoms with van der Waals surface area (Å²) in [6.45, 7) is 0. The molecule has 0 aromatic carbocycles. The molecule has 106 valence electrons. The summed E-state index contributed by atoms with van der Waals surface area (Å²) in [7, 11) is 0. The Hall–Kier alpha value is -1.51. The summed E-state index contributed by atoms with van der Waals surface area (Å²) >= 11 is 5.30. The van der Waals surface area contributed by atoms with Gasteiger partial charge in [0.15, 0.2) is 17.7 Å². The molecule has 0 saturated carbocycles. The lowest BCUT2D eigenvalue weighted by Gasteiger charge is -2.16. The van der Waals surface area contributed by atoms with E-state index in [9.17, 15) is 31.1 Å². The van der Waals surface area contributed by atoms with E-state index in [2.05, 4.69) is 9.72 Å². The number of hydrogen-bond acceptors (Lipinski definition) is 3. The van der Waals surface area contributed by atoms with E-state index in [1.165, 1.54) is 0 Å². The highest BCUT2D eigenvalue weighted by atomic mass is 35.5. The summed E-state index contributed by atoms with van der Waals surface area (Å²) in [5.41, 5.74) is -2.94. The quantitative estimate of drug-likeness (QED) is 0.487. The van der Waals surface area contributed by atoms with Gasteiger partial charge in [-0.2, -0.15) is 13.2 Å². The highest BCUT2D eigenvalue weighted by Crippen LogP contribution is 2.38. The van der Waals surface area contributed by atoms with Crippen LogP contribution in [0.1, 0.15) is 21.7 Å². The molecule has 1 aromatic rings. The number of nitrogens with zero attached hydrogens (tertiary/aromatic N) is 1. The van der Waals surface area contributed by atoms with Gasteiger partial charge >= 0.3 is 12.5 Å². The largest absolute Gasteiger partial charge is 0.573 e. The van der Waals surface area contributed by atoms with E-state index >= 15 is 0 Å². The van der Waals surface area contributed by atoms with Crippen molar-refractivity contribution in [1.29, 1.82) is 0 Å². The van der Waals surface area contributed by atoms with Gasteiger partial charge in [-0.05, 0) is 11.6 Å². The molecule has 1 heterocycles. The molecule has 0 aliphatic rings. The van der Waals surface area contributed by atoms with Crippen LogP contribution < -0.4 is 4.74 Å². The van der Waals surface area contributed by atoms with Crippen molar-refractivity contribution < 1.29 is 35.9 Å². The van der Waals surface area contributed by atoms with Crippen LogP contribution in [0.2, 0.25) is 0 Å².